The third kappa shape index (κ3) is 7.70. The molecule has 0 spiro atoms. The van der Waals surface area contributed by atoms with Crippen molar-refractivity contribution in [3.05, 3.63) is 125 Å². The maximum absolute atomic E-state index is 12.6. The number of ether oxygens (including phenoxy) is 1. The van der Waals surface area contributed by atoms with Crippen LogP contribution < -0.4 is 20.9 Å². The van der Waals surface area contributed by atoms with E-state index < -0.39 is 12.0 Å². The molecule has 60 heavy (non-hydrogen) atoms. The number of benzene rings is 4. The zero-order valence-corrected chi connectivity index (χ0v) is 33.9. The smallest absolute Gasteiger partial charge is 0.328 e. The third-order valence-electron chi connectivity index (χ3n) is 12.1. The van der Waals surface area contributed by atoms with Gasteiger partial charge in [0.15, 0.2) is 0 Å². The van der Waals surface area contributed by atoms with Crippen LogP contribution in [-0.2, 0) is 46.8 Å². The number of aromatic nitrogens is 4. The molecule has 3 unspecified atom stereocenters. The van der Waals surface area contributed by atoms with Gasteiger partial charge in [0.25, 0.3) is 11.8 Å². The number of hydrogen-bond acceptors (Lipinski definition) is 9. The van der Waals surface area contributed by atoms with Crippen molar-refractivity contribution in [2.45, 2.75) is 70.4 Å². The summed E-state index contributed by atoms with van der Waals surface area (Å²) >= 11 is 0. The Bertz CT molecular complexity index is 2600. The zero-order valence-electron chi connectivity index (χ0n) is 33.9. The van der Waals surface area contributed by atoms with Gasteiger partial charge in [-0.1, -0.05) is 54.6 Å². The van der Waals surface area contributed by atoms with Crippen LogP contribution >= 0.6 is 0 Å². The predicted molar refractivity (Wildman–Crippen MR) is 228 cm³/mol. The fourth-order valence-electron chi connectivity index (χ4n) is 9.30. The molecule has 2 fully saturated rings. The van der Waals surface area contributed by atoms with Gasteiger partial charge in [0, 0.05) is 76.3 Å². The number of aryl methyl sites for hydroxylation is 2. The molecule has 0 radical (unpaired) electrons. The molecule has 2 aromatic heterocycles. The Labute approximate surface area is 347 Å². The number of likely N-dealkylation sites (tertiary alicyclic amines) is 1. The van der Waals surface area contributed by atoms with Crippen molar-refractivity contribution in [2.75, 3.05) is 38.2 Å². The summed E-state index contributed by atoms with van der Waals surface area (Å²) in [6.45, 7) is 7.70. The first-order valence-electron chi connectivity index (χ1n) is 20.7. The summed E-state index contributed by atoms with van der Waals surface area (Å²) in [6.07, 6.45) is 2.14. The summed E-state index contributed by atoms with van der Waals surface area (Å²) in [5.41, 5.74) is 8.39. The number of carbonyl (C=O) groups is 4. The minimum absolute atomic E-state index is 0.00910. The monoisotopic (exact) mass is 807 g/mol. The van der Waals surface area contributed by atoms with E-state index in [0.717, 1.165) is 71.0 Å². The summed E-state index contributed by atoms with van der Waals surface area (Å²) in [5.74, 6) is 0.981. The highest BCUT2D eigenvalue weighted by atomic mass is 16.5. The van der Waals surface area contributed by atoms with Crippen LogP contribution in [0.25, 0.3) is 22.1 Å². The molecular formula is C46H49N9O5. The topological polar surface area (TPSA) is 156 Å². The molecule has 4 aromatic carbocycles. The number of piperazine rings is 1. The van der Waals surface area contributed by atoms with Gasteiger partial charge in [-0.3, -0.25) is 19.3 Å². The van der Waals surface area contributed by atoms with Crippen LogP contribution in [0.5, 0.6) is 0 Å². The largest absolute Gasteiger partial charge is 0.467 e. The highest BCUT2D eigenvalue weighted by Crippen LogP contribution is 2.36. The lowest BCUT2D eigenvalue weighted by Crippen LogP contribution is -2.46. The van der Waals surface area contributed by atoms with E-state index in [9.17, 15) is 19.2 Å². The van der Waals surface area contributed by atoms with E-state index in [2.05, 4.69) is 66.5 Å². The van der Waals surface area contributed by atoms with E-state index in [4.69, 9.17) is 9.72 Å². The molecule has 4 aliphatic heterocycles. The first-order valence-corrected chi connectivity index (χ1v) is 20.7. The van der Waals surface area contributed by atoms with Crippen molar-refractivity contribution < 1.29 is 23.9 Å². The van der Waals surface area contributed by atoms with Gasteiger partial charge in [-0.25, -0.2) is 14.8 Å². The molecule has 14 heteroatoms. The van der Waals surface area contributed by atoms with Gasteiger partial charge in [0.2, 0.25) is 5.91 Å². The molecule has 14 nitrogen and oxygen atoms in total. The van der Waals surface area contributed by atoms with Crippen LogP contribution in [0.3, 0.4) is 0 Å². The summed E-state index contributed by atoms with van der Waals surface area (Å²) in [4.78, 5) is 64.2. The SMILES string of the molecule is COC(=O)C(Cc1ccccc1)NC(=O)CCc1nc2cccc3c2n1CCNC3=O.Cc1cccc(N2CC3CC2CN3Cc2nc3cccc4c3n2CCNC4=O)c1. The maximum Gasteiger partial charge on any atom is 0.328 e. The zero-order chi connectivity index (χ0) is 41.3. The number of fused-ring (bicyclic) bond motifs is 2. The van der Waals surface area contributed by atoms with Gasteiger partial charge in [0.1, 0.15) is 17.7 Å². The first-order chi connectivity index (χ1) is 29.2. The molecule has 2 bridgehead atoms. The Hall–Kier alpha value is -6.54. The van der Waals surface area contributed by atoms with Gasteiger partial charge in [0.05, 0.1) is 46.8 Å². The minimum atomic E-state index is -0.755. The molecule has 3 N–H and O–H groups in total. The van der Waals surface area contributed by atoms with Gasteiger partial charge in [-0.15, -0.1) is 0 Å². The molecule has 3 atom stereocenters. The molecular weight excluding hydrogens is 759 g/mol. The number of methoxy groups -OCH3 is 1. The van der Waals surface area contributed by atoms with E-state index in [0.29, 0.717) is 50.1 Å². The van der Waals surface area contributed by atoms with Gasteiger partial charge in [-0.2, -0.15) is 0 Å². The number of nitrogens with one attached hydrogen (secondary N) is 3. The summed E-state index contributed by atoms with van der Waals surface area (Å²) in [7, 11) is 1.31. The van der Waals surface area contributed by atoms with Crippen molar-refractivity contribution in [3.63, 3.8) is 0 Å². The van der Waals surface area contributed by atoms with Crippen LogP contribution in [0.2, 0.25) is 0 Å². The number of esters is 1. The van der Waals surface area contributed by atoms with E-state index >= 15 is 0 Å². The predicted octanol–water partition coefficient (Wildman–Crippen LogP) is 4.16. The average molecular weight is 808 g/mol. The number of carbonyl (C=O) groups excluding carboxylic acids is 4. The Morgan fingerprint density at radius 1 is 0.800 bits per heavy atom. The summed E-state index contributed by atoms with van der Waals surface area (Å²) in [5, 5.41) is 8.67. The number of anilines is 1. The quantitative estimate of drug-likeness (QED) is 0.173. The highest BCUT2D eigenvalue weighted by molar-refractivity contribution is 6.06. The first kappa shape index (κ1) is 38.9. The second kappa shape index (κ2) is 16.6. The third-order valence-corrected chi connectivity index (χ3v) is 12.1. The Morgan fingerprint density at radius 3 is 2.08 bits per heavy atom. The van der Waals surface area contributed by atoms with Gasteiger partial charge < -0.3 is 34.7 Å². The number of amides is 3. The van der Waals surface area contributed by atoms with Crippen LogP contribution in [0, 0.1) is 6.92 Å². The maximum atomic E-state index is 12.6. The van der Waals surface area contributed by atoms with Crippen molar-refractivity contribution in [1.29, 1.82) is 0 Å². The summed E-state index contributed by atoms with van der Waals surface area (Å²) < 4.78 is 9.11. The average Bonchev–Trinajstić information content (AvgIpc) is 3.99. The molecule has 3 amide bonds. The van der Waals surface area contributed by atoms with Crippen LogP contribution in [0.4, 0.5) is 5.69 Å². The van der Waals surface area contributed by atoms with Crippen molar-refractivity contribution in [2.24, 2.45) is 0 Å². The number of nitrogens with zero attached hydrogens (tertiary/aromatic N) is 6. The standard InChI is InChI=1S/C23H25N5O.C23H24N4O4/c1-15-4-2-5-16(10-15)28-13-17-11-18(28)12-26(17)14-21-25-20-7-3-6-19-22(20)27(21)9-8-24-23(19)29;1-31-23(30)18(14-15-6-3-2-4-7-15)26-20(28)11-10-19-25-17-9-5-8-16-21(17)27(19)13-12-24-22(16)29/h2-7,10,17-18H,8-9,11-14H2,1H3,(H,24,29);2-9,18H,10-14H2,1H3,(H,24,29)(H,26,28). The number of rotatable bonds is 10. The fourth-order valence-corrected chi connectivity index (χ4v) is 9.30. The Balaban J connectivity index is 0.000000154. The molecule has 4 aliphatic rings. The normalized spacial score (nSPS) is 18.6. The van der Waals surface area contributed by atoms with Crippen LogP contribution in [0.15, 0.2) is 91.0 Å². The minimum Gasteiger partial charge on any atom is -0.467 e. The van der Waals surface area contributed by atoms with Crippen LogP contribution in [-0.4, -0.2) is 99.1 Å². The Kier molecular flexibility index (Phi) is 10.8. The van der Waals surface area contributed by atoms with Crippen molar-refractivity contribution >= 4 is 51.4 Å². The number of imidazole rings is 2. The van der Waals surface area contributed by atoms with Crippen molar-refractivity contribution in [1.82, 2.24) is 40.0 Å². The second-order valence-electron chi connectivity index (χ2n) is 16.0. The lowest BCUT2D eigenvalue weighted by molar-refractivity contribution is -0.145. The molecule has 308 valence electrons. The molecule has 10 rings (SSSR count). The van der Waals surface area contributed by atoms with Crippen LogP contribution in [0.1, 0.15) is 56.3 Å². The molecule has 6 heterocycles. The van der Waals surface area contributed by atoms with Gasteiger partial charge >= 0.3 is 5.97 Å². The van der Waals surface area contributed by atoms with E-state index in [-0.39, 0.29) is 24.1 Å². The summed E-state index contributed by atoms with van der Waals surface area (Å²) in [6, 6.07) is 30.0. The van der Waals surface area contributed by atoms with E-state index in [1.54, 1.807) is 12.1 Å². The van der Waals surface area contributed by atoms with Crippen molar-refractivity contribution in [3.8, 4) is 0 Å². The molecule has 0 saturated carbocycles. The Morgan fingerprint density at radius 2 is 1.45 bits per heavy atom. The lowest BCUT2D eigenvalue weighted by Gasteiger charge is -2.35. The highest BCUT2D eigenvalue weighted by Gasteiger charge is 2.43. The molecule has 2 saturated heterocycles. The molecule has 6 aromatic rings. The lowest BCUT2D eigenvalue weighted by atomic mass is 10.1. The number of hydrogen-bond donors (Lipinski definition) is 3. The second-order valence-corrected chi connectivity index (χ2v) is 16.0. The number of para-hydroxylation sites is 2. The van der Waals surface area contributed by atoms with Gasteiger partial charge in [-0.05, 0) is 60.9 Å². The fraction of sp³-hybridized carbons (Fsp3) is 0.348. The van der Waals surface area contributed by atoms with E-state index in [1.807, 2.05) is 59.2 Å². The molecule has 0 aliphatic carbocycles. The van der Waals surface area contributed by atoms with E-state index in [1.165, 1.54) is 24.8 Å².